The van der Waals surface area contributed by atoms with E-state index in [2.05, 4.69) is 26.2 Å². The Morgan fingerprint density at radius 1 is 1.79 bits per heavy atom. The quantitative estimate of drug-likeness (QED) is 0.810. The second-order valence-electron chi connectivity index (χ2n) is 2.77. The molecule has 14 heavy (non-hydrogen) atoms. The Bertz CT molecular complexity index is 356. The van der Waals surface area contributed by atoms with Gasteiger partial charge >= 0.3 is 0 Å². The van der Waals surface area contributed by atoms with Crippen molar-refractivity contribution >= 4 is 39.1 Å². The first kappa shape index (κ1) is 11.4. The highest BCUT2D eigenvalue weighted by Gasteiger charge is 2.10. The normalized spacial score (nSPS) is 12.3. The van der Waals surface area contributed by atoms with E-state index in [0.717, 1.165) is 4.47 Å². The number of nitrogens with zero attached hydrogens (tertiary/aromatic N) is 1. The monoisotopic (exact) mass is 277 g/mol. The number of nitrogens with two attached hydrogens (primary N) is 1. The van der Waals surface area contributed by atoms with Crippen molar-refractivity contribution in [2.24, 2.45) is 5.73 Å². The molecule has 0 saturated heterocycles. The van der Waals surface area contributed by atoms with Crippen molar-refractivity contribution in [2.45, 2.75) is 13.0 Å². The van der Waals surface area contributed by atoms with Gasteiger partial charge in [-0.25, -0.2) is 4.98 Å². The van der Waals surface area contributed by atoms with E-state index >= 15 is 0 Å². The van der Waals surface area contributed by atoms with E-state index in [1.807, 2.05) is 0 Å². The van der Waals surface area contributed by atoms with Gasteiger partial charge in [0, 0.05) is 10.7 Å². The predicted octanol–water partition coefficient (Wildman–Crippen LogP) is 1.78. The molecule has 0 aliphatic heterocycles. The molecule has 0 radical (unpaired) electrons. The molecule has 0 saturated carbocycles. The summed E-state index contributed by atoms with van der Waals surface area (Å²) in [4.78, 5) is 15.1. The average molecular weight is 279 g/mol. The molecule has 0 aliphatic rings. The summed E-state index contributed by atoms with van der Waals surface area (Å²) in [6, 6.07) is 1.08. The van der Waals surface area contributed by atoms with Crippen molar-refractivity contribution in [3.8, 4) is 0 Å². The van der Waals surface area contributed by atoms with E-state index in [4.69, 9.17) is 17.3 Å². The fourth-order valence-electron chi connectivity index (χ4n) is 0.757. The van der Waals surface area contributed by atoms with Crippen LogP contribution in [0.4, 0.5) is 5.69 Å². The molecule has 1 unspecified atom stereocenters. The zero-order chi connectivity index (χ0) is 10.7. The summed E-state index contributed by atoms with van der Waals surface area (Å²) in [6.45, 7) is 1.59. The van der Waals surface area contributed by atoms with E-state index < -0.39 is 6.04 Å². The van der Waals surface area contributed by atoms with Crippen LogP contribution in [0.25, 0.3) is 0 Å². The fraction of sp³-hybridized carbons (Fsp3) is 0.250. The minimum Gasteiger partial charge on any atom is -0.322 e. The average Bonchev–Trinajstić information content (AvgIpc) is 2.11. The third-order valence-corrected chi connectivity index (χ3v) is 2.21. The number of halogens is 2. The molecular formula is C8H9BrClN3O. The molecular weight excluding hydrogens is 269 g/mol. The van der Waals surface area contributed by atoms with E-state index in [1.54, 1.807) is 19.2 Å². The molecule has 1 heterocycles. The Morgan fingerprint density at radius 2 is 2.43 bits per heavy atom. The molecule has 76 valence electrons. The predicted molar refractivity (Wildman–Crippen MR) is 59.2 cm³/mol. The Morgan fingerprint density at radius 3 is 3.00 bits per heavy atom. The first-order valence-electron chi connectivity index (χ1n) is 3.88. The molecule has 0 bridgehead atoms. The van der Waals surface area contributed by atoms with Gasteiger partial charge in [-0.2, -0.15) is 0 Å². The molecule has 0 spiro atoms. The number of hydrogen-bond donors (Lipinski definition) is 2. The minimum atomic E-state index is -0.579. The number of carbonyl (C=O) groups is 1. The largest absolute Gasteiger partial charge is 0.322 e. The number of anilines is 1. The number of amides is 1. The molecule has 3 N–H and O–H groups in total. The van der Waals surface area contributed by atoms with Gasteiger partial charge in [0.1, 0.15) is 0 Å². The van der Waals surface area contributed by atoms with Gasteiger partial charge in [0.05, 0.1) is 11.7 Å². The van der Waals surface area contributed by atoms with Gasteiger partial charge in [0.2, 0.25) is 5.91 Å². The highest BCUT2D eigenvalue weighted by atomic mass is 79.9. The van der Waals surface area contributed by atoms with Crippen LogP contribution in [0.3, 0.4) is 0 Å². The van der Waals surface area contributed by atoms with Crippen LogP contribution in [-0.4, -0.2) is 16.9 Å². The van der Waals surface area contributed by atoms with Crippen LogP contribution in [0.2, 0.25) is 5.15 Å². The summed E-state index contributed by atoms with van der Waals surface area (Å²) < 4.78 is 0.738. The molecule has 1 aromatic heterocycles. The Hall–Kier alpha value is -0.650. The number of pyridine rings is 1. The van der Waals surface area contributed by atoms with Gasteiger partial charge in [-0.05, 0) is 28.9 Å². The van der Waals surface area contributed by atoms with Gasteiger partial charge in [-0.3, -0.25) is 4.79 Å². The van der Waals surface area contributed by atoms with Crippen molar-refractivity contribution in [2.75, 3.05) is 5.32 Å². The lowest BCUT2D eigenvalue weighted by Gasteiger charge is -2.08. The van der Waals surface area contributed by atoms with Crippen molar-refractivity contribution in [3.05, 3.63) is 21.9 Å². The third kappa shape index (κ3) is 2.94. The Balaban J connectivity index is 2.86. The first-order chi connectivity index (χ1) is 6.50. The second-order valence-corrected chi connectivity index (χ2v) is 4.04. The summed E-state index contributed by atoms with van der Waals surface area (Å²) in [6.07, 6.45) is 1.55. The number of carbonyl (C=O) groups excluding carboxylic acids is 1. The maximum atomic E-state index is 11.2. The fourth-order valence-corrected chi connectivity index (χ4v) is 1.24. The zero-order valence-corrected chi connectivity index (χ0v) is 9.76. The van der Waals surface area contributed by atoms with Crippen LogP contribution >= 0.6 is 27.5 Å². The molecule has 1 aromatic rings. The van der Waals surface area contributed by atoms with Gasteiger partial charge in [0.15, 0.2) is 5.15 Å². The van der Waals surface area contributed by atoms with E-state index in [1.165, 1.54) is 0 Å². The Kier molecular flexibility index (Phi) is 3.86. The number of rotatable bonds is 2. The van der Waals surface area contributed by atoms with Crippen molar-refractivity contribution in [1.29, 1.82) is 0 Å². The molecule has 1 amide bonds. The van der Waals surface area contributed by atoms with Gasteiger partial charge in [-0.15, -0.1) is 0 Å². The number of aromatic nitrogens is 1. The standard InChI is InChI=1S/C8H9BrClN3O/c1-4(11)8(14)13-6-2-5(9)3-12-7(6)10/h2-4H,11H2,1H3,(H,13,14). The second kappa shape index (κ2) is 4.72. The molecule has 4 nitrogen and oxygen atoms in total. The van der Waals surface area contributed by atoms with Crippen molar-refractivity contribution in [1.82, 2.24) is 4.98 Å². The van der Waals surface area contributed by atoms with Crippen molar-refractivity contribution < 1.29 is 4.79 Å². The first-order valence-corrected chi connectivity index (χ1v) is 5.05. The minimum absolute atomic E-state index is 0.238. The van der Waals surface area contributed by atoms with Crippen molar-refractivity contribution in [3.63, 3.8) is 0 Å². The zero-order valence-electron chi connectivity index (χ0n) is 7.42. The van der Waals surface area contributed by atoms with Gasteiger partial charge < -0.3 is 11.1 Å². The smallest absolute Gasteiger partial charge is 0.241 e. The van der Waals surface area contributed by atoms with Gasteiger partial charge in [0.25, 0.3) is 0 Å². The molecule has 6 heteroatoms. The lowest BCUT2D eigenvalue weighted by Crippen LogP contribution is -2.32. The summed E-state index contributed by atoms with van der Waals surface area (Å²) in [7, 11) is 0. The molecule has 0 fully saturated rings. The van der Waals surface area contributed by atoms with Crippen LogP contribution in [0.1, 0.15) is 6.92 Å². The van der Waals surface area contributed by atoms with Crippen LogP contribution in [0, 0.1) is 0 Å². The summed E-state index contributed by atoms with van der Waals surface area (Å²) in [5.74, 6) is -0.299. The lowest BCUT2D eigenvalue weighted by molar-refractivity contribution is -0.117. The topological polar surface area (TPSA) is 68.0 Å². The van der Waals surface area contributed by atoms with E-state index in [9.17, 15) is 4.79 Å². The number of nitrogens with one attached hydrogen (secondary N) is 1. The summed E-state index contributed by atoms with van der Waals surface area (Å²) >= 11 is 8.98. The maximum absolute atomic E-state index is 11.2. The SMILES string of the molecule is CC(N)C(=O)Nc1cc(Br)cnc1Cl. The number of hydrogen-bond acceptors (Lipinski definition) is 3. The van der Waals surface area contributed by atoms with Crippen LogP contribution in [0.5, 0.6) is 0 Å². The highest BCUT2D eigenvalue weighted by Crippen LogP contribution is 2.22. The third-order valence-electron chi connectivity index (χ3n) is 1.48. The lowest BCUT2D eigenvalue weighted by atomic mass is 10.3. The van der Waals surface area contributed by atoms with E-state index in [0.29, 0.717) is 5.69 Å². The highest BCUT2D eigenvalue weighted by molar-refractivity contribution is 9.10. The molecule has 0 aliphatic carbocycles. The van der Waals surface area contributed by atoms with Gasteiger partial charge in [-0.1, -0.05) is 11.6 Å². The summed E-state index contributed by atoms with van der Waals surface area (Å²) in [5, 5.41) is 2.80. The van der Waals surface area contributed by atoms with E-state index in [-0.39, 0.29) is 11.1 Å². The van der Waals surface area contributed by atoms with Crippen LogP contribution in [0.15, 0.2) is 16.7 Å². The van der Waals surface area contributed by atoms with Crippen LogP contribution in [-0.2, 0) is 4.79 Å². The molecule has 1 atom stereocenters. The Labute approximate surface area is 95.0 Å². The summed E-state index contributed by atoms with van der Waals surface area (Å²) in [5.41, 5.74) is 5.83. The molecule has 0 aromatic carbocycles. The maximum Gasteiger partial charge on any atom is 0.241 e. The molecule has 1 rings (SSSR count). The van der Waals surface area contributed by atoms with Crippen LogP contribution < -0.4 is 11.1 Å².